The molecule has 3 atom stereocenters. The van der Waals surface area contributed by atoms with E-state index in [1.54, 1.807) is 37.8 Å². The van der Waals surface area contributed by atoms with Crippen LogP contribution in [0.2, 0.25) is 0 Å². The molecule has 1 heterocycles. The molecule has 0 bridgehead atoms. The van der Waals surface area contributed by atoms with Gasteiger partial charge in [0, 0.05) is 6.54 Å². The molecule has 1 N–H and O–H groups in total. The van der Waals surface area contributed by atoms with Gasteiger partial charge in [0.05, 0.1) is 12.1 Å². The summed E-state index contributed by atoms with van der Waals surface area (Å²) in [5.74, 6) is -0.322. The van der Waals surface area contributed by atoms with Crippen molar-refractivity contribution in [1.82, 2.24) is 10.2 Å². The number of hydrogen-bond acceptors (Lipinski definition) is 4. The average molecular weight is 441 g/mol. The number of rotatable bonds is 3. The molecule has 1 aliphatic carbocycles. The minimum atomic E-state index is -0.594. The van der Waals surface area contributed by atoms with Gasteiger partial charge in [-0.15, -0.1) is 0 Å². The van der Waals surface area contributed by atoms with E-state index in [9.17, 15) is 14.0 Å². The number of hydrogen-bond donors (Lipinski definition) is 1. The van der Waals surface area contributed by atoms with Crippen molar-refractivity contribution in [3.05, 3.63) is 71.0 Å². The second-order valence-corrected chi connectivity index (χ2v) is 9.35. The quantitative estimate of drug-likeness (QED) is 0.732. The van der Waals surface area contributed by atoms with Crippen LogP contribution in [0.25, 0.3) is 0 Å². The van der Waals surface area contributed by atoms with E-state index < -0.39 is 23.9 Å². The SMILES string of the molecule is CC(C)(C)OC(=O)N[C@H]1CCC1OC(=O)N1CCc2ccccc2[C@@H]1c1ccc(F)cc1. The van der Waals surface area contributed by atoms with E-state index in [1.807, 2.05) is 18.2 Å². The van der Waals surface area contributed by atoms with Crippen molar-refractivity contribution >= 4 is 12.2 Å². The number of ether oxygens (including phenoxy) is 2. The third kappa shape index (κ3) is 4.87. The summed E-state index contributed by atoms with van der Waals surface area (Å²) in [5, 5.41) is 2.80. The van der Waals surface area contributed by atoms with Crippen LogP contribution in [0.1, 0.15) is 56.3 Å². The van der Waals surface area contributed by atoms with Crippen molar-refractivity contribution in [2.24, 2.45) is 0 Å². The Balaban J connectivity index is 1.48. The van der Waals surface area contributed by atoms with E-state index in [4.69, 9.17) is 9.47 Å². The van der Waals surface area contributed by atoms with Gasteiger partial charge in [0.2, 0.25) is 0 Å². The van der Waals surface area contributed by atoms with Crippen LogP contribution >= 0.6 is 0 Å². The molecule has 0 radical (unpaired) electrons. The third-order valence-electron chi connectivity index (χ3n) is 5.87. The number of carbonyl (C=O) groups is 2. The van der Waals surface area contributed by atoms with Crippen molar-refractivity contribution in [2.45, 2.75) is 63.8 Å². The Kier molecular flexibility index (Phi) is 6.09. The van der Waals surface area contributed by atoms with Crippen LogP contribution in [-0.4, -0.2) is 41.4 Å². The molecule has 2 amide bonds. The van der Waals surface area contributed by atoms with Gasteiger partial charge >= 0.3 is 12.2 Å². The first-order chi connectivity index (χ1) is 15.2. The number of amides is 2. The molecule has 6 nitrogen and oxygen atoms in total. The minimum absolute atomic E-state index is 0.268. The van der Waals surface area contributed by atoms with E-state index in [0.717, 1.165) is 17.5 Å². The predicted molar refractivity (Wildman–Crippen MR) is 118 cm³/mol. The Labute approximate surface area is 187 Å². The van der Waals surface area contributed by atoms with E-state index in [0.29, 0.717) is 19.4 Å². The molecule has 32 heavy (non-hydrogen) atoms. The highest BCUT2D eigenvalue weighted by Crippen LogP contribution is 2.36. The molecule has 4 rings (SSSR count). The molecule has 0 saturated heterocycles. The number of carbonyl (C=O) groups excluding carboxylic acids is 2. The maximum atomic E-state index is 13.5. The molecule has 2 aliphatic rings. The smallest absolute Gasteiger partial charge is 0.410 e. The Morgan fingerprint density at radius 1 is 1.06 bits per heavy atom. The molecule has 1 saturated carbocycles. The Morgan fingerprint density at radius 3 is 2.44 bits per heavy atom. The van der Waals surface area contributed by atoms with Crippen molar-refractivity contribution in [3.8, 4) is 0 Å². The lowest BCUT2D eigenvalue weighted by molar-refractivity contribution is -0.00965. The van der Waals surface area contributed by atoms with Gasteiger partial charge in [-0.05, 0) is 68.9 Å². The zero-order valence-corrected chi connectivity index (χ0v) is 18.6. The van der Waals surface area contributed by atoms with Gasteiger partial charge in [-0.1, -0.05) is 36.4 Å². The summed E-state index contributed by atoms with van der Waals surface area (Å²) in [7, 11) is 0. The molecule has 1 fully saturated rings. The number of alkyl carbamates (subject to hydrolysis) is 1. The molecule has 170 valence electrons. The summed E-state index contributed by atoms with van der Waals surface area (Å²) >= 11 is 0. The Morgan fingerprint density at radius 2 is 1.78 bits per heavy atom. The normalized spacial score (nSPS) is 22.4. The lowest BCUT2D eigenvalue weighted by atomic mass is 9.88. The zero-order chi connectivity index (χ0) is 22.9. The summed E-state index contributed by atoms with van der Waals surface area (Å²) in [6.45, 7) is 5.90. The lowest BCUT2D eigenvalue weighted by Gasteiger charge is -2.41. The molecular formula is C25H29FN2O4. The van der Waals surface area contributed by atoms with Gasteiger partial charge in [-0.3, -0.25) is 4.90 Å². The van der Waals surface area contributed by atoms with Gasteiger partial charge in [-0.25, -0.2) is 14.0 Å². The second kappa shape index (κ2) is 8.81. The second-order valence-electron chi connectivity index (χ2n) is 9.35. The molecular weight excluding hydrogens is 411 g/mol. The van der Waals surface area contributed by atoms with Crippen LogP contribution in [0.4, 0.5) is 14.0 Å². The van der Waals surface area contributed by atoms with Crippen LogP contribution in [-0.2, 0) is 15.9 Å². The van der Waals surface area contributed by atoms with Gasteiger partial charge in [-0.2, -0.15) is 0 Å². The first-order valence-corrected chi connectivity index (χ1v) is 11.0. The third-order valence-corrected chi connectivity index (χ3v) is 5.87. The molecule has 0 aromatic heterocycles. The van der Waals surface area contributed by atoms with E-state index in [-0.39, 0.29) is 17.9 Å². The van der Waals surface area contributed by atoms with Gasteiger partial charge in [0.25, 0.3) is 0 Å². The van der Waals surface area contributed by atoms with E-state index >= 15 is 0 Å². The predicted octanol–water partition coefficient (Wildman–Crippen LogP) is 4.97. The van der Waals surface area contributed by atoms with Crippen molar-refractivity contribution in [2.75, 3.05) is 6.54 Å². The van der Waals surface area contributed by atoms with Gasteiger partial charge < -0.3 is 14.8 Å². The topological polar surface area (TPSA) is 67.9 Å². The highest BCUT2D eigenvalue weighted by molar-refractivity contribution is 5.71. The highest BCUT2D eigenvalue weighted by Gasteiger charge is 2.40. The summed E-state index contributed by atoms with van der Waals surface area (Å²) < 4.78 is 24.6. The average Bonchev–Trinajstić information content (AvgIpc) is 2.73. The number of fused-ring (bicyclic) bond motifs is 1. The summed E-state index contributed by atoms with van der Waals surface area (Å²) in [6, 6.07) is 13.6. The van der Waals surface area contributed by atoms with Crippen LogP contribution in [0.15, 0.2) is 48.5 Å². The number of nitrogens with zero attached hydrogens (tertiary/aromatic N) is 1. The number of benzene rings is 2. The molecule has 0 spiro atoms. The maximum Gasteiger partial charge on any atom is 0.410 e. The Hall–Kier alpha value is -3.09. The monoisotopic (exact) mass is 440 g/mol. The fraction of sp³-hybridized carbons (Fsp3) is 0.440. The summed E-state index contributed by atoms with van der Waals surface area (Å²) in [5.41, 5.74) is 2.41. The first kappa shape index (κ1) is 22.1. The van der Waals surface area contributed by atoms with Crippen LogP contribution in [0.3, 0.4) is 0 Å². The van der Waals surface area contributed by atoms with Gasteiger partial charge in [0.15, 0.2) is 0 Å². The molecule has 1 aliphatic heterocycles. The maximum absolute atomic E-state index is 13.5. The van der Waals surface area contributed by atoms with Crippen LogP contribution < -0.4 is 5.32 Å². The van der Waals surface area contributed by atoms with Crippen molar-refractivity contribution < 1.29 is 23.5 Å². The van der Waals surface area contributed by atoms with Crippen LogP contribution in [0, 0.1) is 5.82 Å². The number of halogens is 1. The standard InChI is InChI=1S/C25H29FN2O4/c1-25(2,3)32-23(29)27-20-12-13-21(20)31-24(30)28-15-14-16-6-4-5-7-19(16)22(28)17-8-10-18(26)11-9-17/h4-11,20-22H,12-15H2,1-3H3,(H,27,29)/t20-,21?,22-/m0/s1. The van der Waals surface area contributed by atoms with Crippen molar-refractivity contribution in [1.29, 1.82) is 0 Å². The highest BCUT2D eigenvalue weighted by atomic mass is 19.1. The molecule has 2 aromatic carbocycles. The van der Waals surface area contributed by atoms with Crippen molar-refractivity contribution in [3.63, 3.8) is 0 Å². The minimum Gasteiger partial charge on any atom is -0.444 e. The van der Waals surface area contributed by atoms with Gasteiger partial charge in [0.1, 0.15) is 17.5 Å². The number of nitrogens with one attached hydrogen (secondary N) is 1. The van der Waals surface area contributed by atoms with E-state index in [2.05, 4.69) is 11.4 Å². The Bertz CT molecular complexity index is 986. The fourth-order valence-electron chi connectivity index (χ4n) is 4.20. The molecule has 2 aromatic rings. The first-order valence-electron chi connectivity index (χ1n) is 11.0. The summed E-state index contributed by atoms with van der Waals surface area (Å²) in [6.07, 6.45) is 0.766. The largest absolute Gasteiger partial charge is 0.444 e. The zero-order valence-electron chi connectivity index (χ0n) is 18.6. The summed E-state index contributed by atoms with van der Waals surface area (Å²) in [4.78, 5) is 27.0. The molecule has 7 heteroatoms. The lowest BCUT2D eigenvalue weighted by Crippen LogP contribution is -2.54. The molecule has 1 unspecified atom stereocenters. The fourth-order valence-corrected chi connectivity index (χ4v) is 4.20. The van der Waals surface area contributed by atoms with Crippen LogP contribution in [0.5, 0.6) is 0 Å². The van der Waals surface area contributed by atoms with E-state index in [1.165, 1.54) is 17.7 Å².